The van der Waals surface area contributed by atoms with Crippen LogP contribution in [0.5, 0.6) is 23.0 Å². The zero-order valence-corrected chi connectivity index (χ0v) is 24.3. The number of nitro benzene ring substituents is 1. The molecule has 0 spiro atoms. The van der Waals surface area contributed by atoms with Crippen molar-refractivity contribution in [3.05, 3.63) is 129 Å². The first-order valence-corrected chi connectivity index (χ1v) is 13.9. The Bertz CT molecular complexity index is 1840. The molecule has 0 bridgehead atoms. The van der Waals surface area contributed by atoms with Gasteiger partial charge in [-0.1, -0.05) is 24.3 Å². The van der Waals surface area contributed by atoms with Gasteiger partial charge in [0.25, 0.3) is 17.5 Å². The third-order valence-electron chi connectivity index (χ3n) is 6.40. The second kappa shape index (κ2) is 14.3. The number of non-ortho nitro benzene ring substituents is 1. The molecule has 0 atom stereocenters. The summed E-state index contributed by atoms with van der Waals surface area (Å²) >= 11 is 0. The van der Waals surface area contributed by atoms with Crippen LogP contribution >= 0.6 is 0 Å². The first kappa shape index (κ1) is 30.9. The van der Waals surface area contributed by atoms with Gasteiger partial charge >= 0.3 is 5.97 Å². The van der Waals surface area contributed by atoms with E-state index in [1.807, 2.05) is 0 Å². The second-order valence-electron chi connectivity index (χ2n) is 9.52. The number of nitro groups is 1. The number of carbonyl (C=O) groups excluding carboxylic acids is 3. The van der Waals surface area contributed by atoms with Gasteiger partial charge in [0.2, 0.25) is 6.79 Å². The van der Waals surface area contributed by atoms with E-state index >= 15 is 0 Å². The highest BCUT2D eigenvalue weighted by atomic mass is 16.7. The Kier molecular flexibility index (Phi) is 9.63. The van der Waals surface area contributed by atoms with Crippen LogP contribution in [0.25, 0.3) is 6.08 Å². The number of carbonyl (C=O) groups is 3. The number of amides is 2. The van der Waals surface area contributed by atoms with Crippen molar-refractivity contribution in [2.45, 2.75) is 6.92 Å². The maximum Gasteiger partial charge on any atom is 0.343 e. The fourth-order valence-electron chi connectivity index (χ4n) is 4.17. The lowest BCUT2D eigenvalue weighted by Crippen LogP contribution is -2.32. The van der Waals surface area contributed by atoms with Gasteiger partial charge in [-0.15, -0.1) is 0 Å². The van der Waals surface area contributed by atoms with E-state index in [9.17, 15) is 24.5 Å². The molecule has 0 saturated carbocycles. The van der Waals surface area contributed by atoms with Crippen LogP contribution in [-0.4, -0.2) is 42.3 Å². The van der Waals surface area contributed by atoms with Gasteiger partial charge in [-0.25, -0.2) is 10.2 Å². The molecule has 0 unspecified atom stereocenters. The van der Waals surface area contributed by atoms with Crippen molar-refractivity contribution < 1.29 is 38.3 Å². The third kappa shape index (κ3) is 7.71. The molecule has 13 nitrogen and oxygen atoms in total. The van der Waals surface area contributed by atoms with E-state index in [2.05, 4.69) is 15.8 Å². The predicted molar refractivity (Wildman–Crippen MR) is 166 cm³/mol. The number of fused-ring (bicyclic) bond motifs is 1. The summed E-state index contributed by atoms with van der Waals surface area (Å²) in [6, 6.07) is 23.1. The number of hydrogen-bond acceptors (Lipinski definition) is 10. The van der Waals surface area contributed by atoms with Gasteiger partial charge in [0.05, 0.1) is 23.3 Å². The summed E-state index contributed by atoms with van der Waals surface area (Å²) in [4.78, 5) is 49.0. The van der Waals surface area contributed by atoms with Crippen LogP contribution < -0.4 is 29.7 Å². The van der Waals surface area contributed by atoms with E-state index in [0.29, 0.717) is 28.2 Å². The molecular weight excluding hydrogens is 596 g/mol. The van der Waals surface area contributed by atoms with Gasteiger partial charge in [0.1, 0.15) is 5.70 Å². The summed E-state index contributed by atoms with van der Waals surface area (Å²) in [6.07, 6.45) is 2.83. The van der Waals surface area contributed by atoms with Crippen LogP contribution in [0.1, 0.15) is 38.8 Å². The Balaban J connectivity index is 1.31. The van der Waals surface area contributed by atoms with Crippen molar-refractivity contribution in [3.8, 4) is 23.0 Å². The molecule has 1 heterocycles. The van der Waals surface area contributed by atoms with E-state index in [1.54, 1.807) is 67.6 Å². The van der Waals surface area contributed by atoms with Crippen LogP contribution in [0.3, 0.4) is 0 Å². The van der Waals surface area contributed by atoms with Crippen molar-refractivity contribution in [3.63, 3.8) is 0 Å². The van der Waals surface area contributed by atoms with Crippen molar-refractivity contribution >= 4 is 35.8 Å². The summed E-state index contributed by atoms with van der Waals surface area (Å²) in [6.45, 7) is 2.10. The summed E-state index contributed by atoms with van der Waals surface area (Å²) in [5.41, 5.74) is 3.72. The highest BCUT2D eigenvalue weighted by Crippen LogP contribution is 2.33. The minimum absolute atomic E-state index is 0.0756. The molecule has 0 aromatic heterocycles. The number of nitrogens with one attached hydrogen (secondary N) is 2. The summed E-state index contributed by atoms with van der Waals surface area (Å²) in [5, 5.41) is 17.5. The number of nitrogens with zero attached hydrogens (tertiary/aromatic N) is 2. The number of benzene rings is 4. The molecule has 0 radical (unpaired) electrons. The molecule has 0 fully saturated rings. The number of esters is 1. The van der Waals surface area contributed by atoms with Crippen molar-refractivity contribution in [2.75, 3.05) is 13.4 Å². The minimum atomic E-state index is -0.733. The molecule has 0 saturated heterocycles. The van der Waals surface area contributed by atoms with Gasteiger partial charge < -0.3 is 24.3 Å². The van der Waals surface area contributed by atoms with E-state index in [1.165, 1.54) is 42.6 Å². The predicted octanol–water partition coefficient (Wildman–Crippen LogP) is 4.86. The van der Waals surface area contributed by atoms with Crippen LogP contribution in [-0.2, 0) is 4.79 Å². The molecule has 2 amide bonds. The molecule has 2 N–H and O–H groups in total. The Hall–Kier alpha value is -6.50. The monoisotopic (exact) mass is 622 g/mol. The normalized spacial score (nSPS) is 12.0. The van der Waals surface area contributed by atoms with Gasteiger partial charge in [0.15, 0.2) is 23.0 Å². The summed E-state index contributed by atoms with van der Waals surface area (Å²) in [7, 11) is 0. The Morgan fingerprint density at radius 1 is 0.891 bits per heavy atom. The molecule has 4 aromatic carbocycles. The zero-order valence-electron chi connectivity index (χ0n) is 24.3. The van der Waals surface area contributed by atoms with Crippen molar-refractivity contribution in [2.24, 2.45) is 5.10 Å². The Labute approximate surface area is 262 Å². The molecule has 4 aromatic rings. The molecular formula is C33H26N4O9. The maximum atomic E-state index is 13.2. The highest BCUT2D eigenvalue weighted by molar-refractivity contribution is 6.05. The van der Waals surface area contributed by atoms with E-state index in [-0.39, 0.29) is 41.8 Å². The minimum Gasteiger partial charge on any atom is -0.490 e. The second-order valence-corrected chi connectivity index (χ2v) is 9.52. The molecule has 0 aliphatic carbocycles. The highest BCUT2D eigenvalue weighted by Gasteiger charge is 2.18. The number of hydrogen-bond donors (Lipinski definition) is 2. The maximum absolute atomic E-state index is 13.2. The lowest BCUT2D eigenvalue weighted by atomic mass is 10.1. The molecule has 1 aliphatic heterocycles. The Morgan fingerprint density at radius 3 is 2.37 bits per heavy atom. The van der Waals surface area contributed by atoms with E-state index in [4.69, 9.17) is 18.9 Å². The fourth-order valence-corrected chi connectivity index (χ4v) is 4.17. The SMILES string of the molecule is CCOc1cc(C=NNC(=O)C(=Cc2ccc3c(c2)OCO3)NC(=O)c2ccccc2)ccc1OC(=O)c1ccc([N+](=O)[O-])cc1. The van der Waals surface area contributed by atoms with E-state index < -0.39 is 22.7 Å². The van der Waals surface area contributed by atoms with Gasteiger partial charge in [-0.3, -0.25) is 19.7 Å². The first-order chi connectivity index (χ1) is 22.3. The smallest absolute Gasteiger partial charge is 0.343 e. The molecule has 13 heteroatoms. The third-order valence-corrected chi connectivity index (χ3v) is 6.40. The quantitative estimate of drug-likeness (QED) is 0.0593. The number of hydrazone groups is 1. The van der Waals surface area contributed by atoms with Gasteiger partial charge in [0, 0.05) is 17.7 Å². The van der Waals surface area contributed by atoms with Crippen LogP contribution in [0.4, 0.5) is 5.69 Å². The Morgan fingerprint density at radius 2 is 1.63 bits per heavy atom. The van der Waals surface area contributed by atoms with Crippen LogP contribution in [0, 0.1) is 10.1 Å². The first-order valence-electron chi connectivity index (χ1n) is 13.9. The average Bonchev–Trinajstić information content (AvgIpc) is 3.54. The largest absolute Gasteiger partial charge is 0.490 e. The zero-order chi connectivity index (χ0) is 32.5. The van der Waals surface area contributed by atoms with E-state index in [0.717, 1.165) is 0 Å². The number of ether oxygens (including phenoxy) is 4. The molecule has 5 rings (SSSR count). The number of rotatable bonds is 11. The molecule has 46 heavy (non-hydrogen) atoms. The van der Waals surface area contributed by atoms with Gasteiger partial charge in [-0.05, 0) is 78.7 Å². The van der Waals surface area contributed by atoms with Crippen molar-refractivity contribution in [1.82, 2.24) is 10.7 Å². The topological polar surface area (TPSA) is 168 Å². The van der Waals surface area contributed by atoms with Gasteiger partial charge in [-0.2, -0.15) is 5.10 Å². The van der Waals surface area contributed by atoms with Crippen molar-refractivity contribution in [1.29, 1.82) is 0 Å². The summed E-state index contributed by atoms with van der Waals surface area (Å²) < 4.78 is 21.8. The average molecular weight is 623 g/mol. The summed E-state index contributed by atoms with van der Waals surface area (Å²) in [5.74, 6) is -0.504. The molecule has 232 valence electrons. The van der Waals surface area contributed by atoms with Crippen LogP contribution in [0.2, 0.25) is 0 Å². The standard InChI is InChI=1S/C33H26N4O9/c1-2-43-30-18-22(9-15-28(30)46-33(40)24-10-12-25(13-11-24)37(41)42)19-34-36-32(39)26(35-31(38)23-6-4-3-5-7-23)16-21-8-14-27-29(17-21)45-20-44-27/h3-19H,2,20H2,1H3,(H,35,38)(H,36,39). The fraction of sp³-hybridized carbons (Fsp3) is 0.0909. The van der Waals surface area contributed by atoms with Crippen LogP contribution in [0.15, 0.2) is 102 Å². The lowest BCUT2D eigenvalue weighted by molar-refractivity contribution is -0.384. The molecule has 1 aliphatic rings. The lowest BCUT2D eigenvalue weighted by Gasteiger charge is -2.11.